The summed E-state index contributed by atoms with van der Waals surface area (Å²) in [6, 6.07) is 20.1. The molecule has 0 unspecified atom stereocenters. The molecule has 18 heavy (non-hydrogen) atoms. The van der Waals surface area contributed by atoms with Gasteiger partial charge in [0.25, 0.3) is 0 Å². The number of hydrogen-bond acceptors (Lipinski definition) is 2. The molecule has 0 radical (unpaired) electrons. The van der Waals surface area contributed by atoms with Crippen molar-refractivity contribution in [2.24, 2.45) is 0 Å². The molecule has 1 heterocycles. The van der Waals surface area contributed by atoms with Crippen LogP contribution < -0.4 is 0 Å². The molecule has 0 atom stereocenters. The van der Waals surface area contributed by atoms with E-state index in [4.69, 9.17) is 5.26 Å². The van der Waals surface area contributed by atoms with Crippen LogP contribution in [0.2, 0.25) is 0 Å². The van der Waals surface area contributed by atoms with Gasteiger partial charge in [0.05, 0.1) is 10.6 Å². The Hall–Kier alpha value is -2.18. The number of benzene rings is 2. The molecule has 0 saturated heterocycles. The van der Waals surface area contributed by atoms with Crippen LogP contribution in [-0.2, 0) is 0 Å². The number of para-hydroxylation sites is 1. The van der Waals surface area contributed by atoms with E-state index >= 15 is 0 Å². The van der Waals surface area contributed by atoms with Crippen molar-refractivity contribution in [3.63, 3.8) is 0 Å². The van der Waals surface area contributed by atoms with Crippen LogP contribution in [0.3, 0.4) is 0 Å². The number of rotatable bonds is 2. The first-order valence-corrected chi connectivity index (χ1v) is 6.43. The van der Waals surface area contributed by atoms with E-state index in [0.29, 0.717) is 5.56 Å². The number of nitrogens with one attached hydrogen (secondary N) is 1. The van der Waals surface area contributed by atoms with Gasteiger partial charge in [0.2, 0.25) is 0 Å². The molecule has 0 spiro atoms. The van der Waals surface area contributed by atoms with Gasteiger partial charge in [-0.05, 0) is 24.3 Å². The molecule has 0 amide bonds. The lowest BCUT2D eigenvalue weighted by Crippen LogP contribution is -1.79. The monoisotopic (exact) mass is 250 g/mol. The number of fused-ring (bicyclic) bond motifs is 1. The second-order valence-corrected chi connectivity index (χ2v) is 5.01. The second kappa shape index (κ2) is 4.59. The molecule has 3 rings (SSSR count). The van der Waals surface area contributed by atoms with Crippen LogP contribution in [0, 0.1) is 11.3 Å². The smallest absolute Gasteiger partial charge is 0.100 e. The number of aromatic amines is 1. The minimum Gasteiger partial charge on any atom is -0.349 e. The predicted octanol–water partition coefficient (Wildman–Crippen LogP) is 4.19. The van der Waals surface area contributed by atoms with Crippen molar-refractivity contribution in [3.05, 3.63) is 60.2 Å². The first-order chi connectivity index (χ1) is 8.86. The Labute approximate surface area is 109 Å². The van der Waals surface area contributed by atoms with Crippen LogP contribution in [0.1, 0.15) is 5.56 Å². The first-order valence-electron chi connectivity index (χ1n) is 5.61. The summed E-state index contributed by atoms with van der Waals surface area (Å²) in [5, 5.41) is 11.3. The molecule has 0 aliphatic heterocycles. The molecule has 0 aliphatic carbocycles. The largest absolute Gasteiger partial charge is 0.349 e. The first kappa shape index (κ1) is 10.9. The van der Waals surface area contributed by atoms with Crippen LogP contribution in [0.15, 0.2) is 64.5 Å². The van der Waals surface area contributed by atoms with Crippen molar-refractivity contribution in [1.29, 1.82) is 5.26 Å². The van der Waals surface area contributed by atoms with Gasteiger partial charge in [-0.25, -0.2) is 0 Å². The van der Waals surface area contributed by atoms with Gasteiger partial charge in [0.1, 0.15) is 6.07 Å². The zero-order chi connectivity index (χ0) is 12.4. The number of nitrogens with zero attached hydrogens (tertiary/aromatic N) is 1. The molecule has 2 nitrogen and oxygen atoms in total. The number of H-pyrrole nitrogens is 1. The maximum absolute atomic E-state index is 9.06. The summed E-state index contributed by atoms with van der Waals surface area (Å²) < 4.78 is 0. The van der Waals surface area contributed by atoms with Gasteiger partial charge in [0.15, 0.2) is 0 Å². The summed E-state index contributed by atoms with van der Waals surface area (Å²) in [5.74, 6) is 0. The Morgan fingerprint density at radius 1 is 1.00 bits per heavy atom. The Kier molecular flexibility index (Phi) is 2.79. The average Bonchev–Trinajstić information content (AvgIpc) is 2.81. The molecular formula is C15H10N2S. The predicted molar refractivity (Wildman–Crippen MR) is 73.6 cm³/mol. The molecule has 86 valence electrons. The fourth-order valence-corrected chi connectivity index (χ4v) is 2.82. The Morgan fingerprint density at radius 2 is 1.78 bits per heavy atom. The lowest BCUT2D eigenvalue weighted by molar-refractivity contribution is 1.23. The van der Waals surface area contributed by atoms with Gasteiger partial charge in [-0.1, -0.05) is 42.1 Å². The van der Waals surface area contributed by atoms with Gasteiger partial charge in [-0.15, -0.1) is 0 Å². The third kappa shape index (κ3) is 1.99. The van der Waals surface area contributed by atoms with Crippen molar-refractivity contribution in [2.75, 3.05) is 0 Å². The lowest BCUT2D eigenvalue weighted by atomic mass is 10.2. The topological polar surface area (TPSA) is 39.6 Å². The van der Waals surface area contributed by atoms with E-state index in [1.54, 1.807) is 11.8 Å². The minimum absolute atomic E-state index is 0.709. The third-order valence-corrected chi connectivity index (χ3v) is 3.75. The van der Waals surface area contributed by atoms with Crippen LogP contribution in [0.5, 0.6) is 0 Å². The average molecular weight is 250 g/mol. The summed E-state index contributed by atoms with van der Waals surface area (Å²) >= 11 is 1.59. The normalized spacial score (nSPS) is 10.4. The molecule has 0 saturated carbocycles. The molecule has 3 heteroatoms. The Balaban J connectivity index is 1.99. The lowest BCUT2D eigenvalue weighted by Gasteiger charge is -2.00. The summed E-state index contributed by atoms with van der Waals surface area (Å²) in [5.41, 5.74) is 1.83. The summed E-state index contributed by atoms with van der Waals surface area (Å²) in [6.45, 7) is 0. The van der Waals surface area contributed by atoms with Gasteiger partial charge >= 0.3 is 0 Å². The number of hydrogen-bond donors (Lipinski definition) is 1. The number of aromatic nitrogens is 1. The van der Waals surface area contributed by atoms with Crippen molar-refractivity contribution in [3.8, 4) is 6.07 Å². The fraction of sp³-hybridized carbons (Fsp3) is 0. The standard InChI is InChI=1S/C15H10N2S/c16-10-12-6-2-4-8-14(12)18-15-9-11-5-1-3-7-13(11)17-15/h1-9,17H. The van der Waals surface area contributed by atoms with E-state index in [1.165, 1.54) is 5.39 Å². The van der Waals surface area contributed by atoms with E-state index in [2.05, 4.69) is 29.3 Å². The highest BCUT2D eigenvalue weighted by atomic mass is 32.2. The van der Waals surface area contributed by atoms with Crippen LogP contribution in [-0.4, -0.2) is 4.98 Å². The maximum Gasteiger partial charge on any atom is 0.100 e. The quantitative estimate of drug-likeness (QED) is 0.740. The number of nitriles is 1. The maximum atomic E-state index is 9.06. The van der Waals surface area contributed by atoms with Gasteiger partial charge in [0, 0.05) is 15.8 Å². The summed E-state index contributed by atoms with van der Waals surface area (Å²) in [6.07, 6.45) is 0. The Morgan fingerprint density at radius 3 is 2.61 bits per heavy atom. The van der Waals surface area contributed by atoms with Crippen LogP contribution in [0.25, 0.3) is 10.9 Å². The summed E-state index contributed by atoms with van der Waals surface area (Å²) in [7, 11) is 0. The van der Waals surface area contributed by atoms with Gasteiger partial charge in [-0.2, -0.15) is 5.26 Å². The molecule has 0 bridgehead atoms. The highest BCUT2D eigenvalue weighted by Gasteiger charge is 2.05. The molecule has 0 aliphatic rings. The van der Waals surface area contributed by atoms with Crippen LogP contribution in [0.4, 0.5) is 0 Å². The van der Waals surface area contributed by atoms with Gasteiger partial charge < -0.3 is 4.98 Å². The van der Waals surface area contributed by atoms with Crippen molar-refractivity contribution < 1.29 is 0 Å². The van der Waals surface area contributed by atoms with Crippen molar-refractivity contribution in [2.45, 2.75) is 9.92 Å². The minimum atomic E-state index is 0.709. The molecular weight excluding hydrogens is 240 g/mol. The van der Waals surface area contributed by atoms with Crippen molar-refractivity contribution in [1.82, 2.24) is 4.98 Å². The highest BCUT2D eigenvalue weighted by molar-refractivity contribution is 7.99. The van der Waals surface area contributed by atoms with E-state index in [-0.39, 0.29) is 0 Å². The van der Waals surface area contributed by atoms with E-state index < -0.39 is 0 Å². The zero-order valence-corrected chi connectivity index (χ0v) is 10.4. The molecule has 1 aromatic heterocycles. The molecule has 1 N–H and O–H groups in total. The molecule has 3 aromatic rings. The SMILES string of the molecule is N#Cc1ccccc1Sc1cc2ccccc2[nH]1. The van der Waals surface area contributed by atoms with E-state index in [0.717, 1.165) is 15.4 Å². The van der Waals surface area contributed by atoms with E-state index in [1.807, 2.05) is 36.4 Å². The second-order valence-electron chi connectivity index (χ2n) is 3.93. The highest BCUT2D eigenvalue weighted by Crippen LogP contribution is 2.31. The zero-order valence-electron chi connectivity index (χ0n) is 9.55. The van der Waals surface area contributed by atoms with E-state index in [9.17, 15) is 0 Å². The van der Waals surface area contributed by atoms with Gasteiger partial charge in [-0.3, -0.25) is 0 Å². The van der Waals surface area contributed by atoms with Crippen LogP contribution >= 0.6 is 11.8 Å². The molecule has 0 fully saturated rings. The third-order valence-electron chi connectivity index (χ3n) is 2.73. The van der Waals surface area contributed by atoms with Crippen molar-refractivity contribution >= 4 is 22.7 Å². The molecule has 2 aromatic carbocycles. The summed E-state index contributed by atoms with van der Waals surface area (Å²) in [4.78, 5) is 4.33. The Bertz CT molecular complexity index is 704. The fourth-order valence-electron chi connectivity index (χ4n) is 1.87.